The molecular weight excluding hydrogens is 154 g/mol. The van der Waals surface area contributed by atoms with Crippen molar-refractivity contribution in [2.24, 2.45) is 0 Å². The van der Waals surface area contributed by atoms with Crippen molar-refractivity contribution < 1.29 is 9.53 Å². The lowest BCUT2D eigenvalue weighted by Crippen LogP contribution is -1.96. The number of nitrogens with one attached hydrogen (secondary N) is 1. The van der Waals surface area contributed by atoms with Crippen LogP contribution in [0.4, 0.5) is 5.69 Å². The van der Waals surface area contributed by atoms with Gasteiger partial charge in [0.2, 0.25) is 0 Å². The molecule has 0 saturated heterocycles. The van der Waals surface area contributed by atoms with E-state index >= 15 is 0 Å². The number of hydrogen-bond acceptors (Lipinski definition) is 3. The largest absolute Gasteiger partial charge is 0.427 e. The third kappa shape index (κ3) is 1.75. The second-order valence-electron chi connectivity index (χ2n) is 2.46. The Bertz CT molecular complexity index is 284. The summed E-state index contributed by atoms with van der Waals surface area (Å²) >= 11 is 0. The number of aryl methyl sites for hydroxylation is 1. The molecule has 1 aromatic carbocycles. The molecule has 0 heterocycles. The van der Waals surface area contributed by atoms with Crippen molar-refractivity contribution in [3.63, 3.8) is 0 Å². The minimum Gasteiger partial charge on any atom is -0.427 e. The first-order valence-corrected chi connectivity index (χ1v) is 3.66. The van der Waals surface area contributed by atoms with E-state index in [0.29, 0.717) is 12.2 Å². The van der Waals surface area contributed by atoms with Gasteiger partial charge in [-0.2, -0.15) is 0 Å². The van der Waals surface area contributed by atoms with Gasteiger partial charge in [0.05, 0.1) is 5.69 Å². The molecule has 0 amide bonds. The normalized spacial score (nSPS) is 9.17. The third-order valence-electron chi connectivity index (χ3n) is 1.58. The number of benzene rings is 1. The quantitative estimate of drug-likeness (QED) is 0.691. The van der Waals surface area contributed by atoms with E-state index in [-0.39, 0.29) is 0 Å². The molecule has 0 fully saturated rings. The summed E-state index contributed by atoms with van der Waals surface area (Å²) in [6.45, 7) is 2.37. The number of carbonyl (C=O) groups is 1. The van der Waals surface area contributed by atoms with Gasteiger partial charge in [0.25, 0.3) is 6.47 Å². The number of hydrogen-bond donors (Lipinski definition) is 1. The predicted molar refractivity (Wildman–Crippen MR) is 47.4 cm³/mol. The lowest BCUT2D eigenvalue weighted by molar-refractivity contribution is -0.120. The molecule has 0 aliphatic heterocycles. The van der Waals surface area contributed by atoms with Crippen LogP contribution in [-0.4, -0.2) is 13.5 Å². The Kier molecular flexibility index (Phi) is 2.69. The average Bonchev–Trinajstić information content (AvgIpc) is 2.05. The van der Waals surface area contributed by atoms with Gasteiger partial charge in [0.1, 0.15) is 0 Å². The van der Waals surface area contributed by atoms with Gasteiger partial charge in [-0.05, 0) is 24.6 Å². The first kappa shape index (κ1) is 8.59. The number of carbonyl (C=O) groups excluding carboxylic acids is 1. The number of ether oxygens (including phenoxy) is 1. The molecule has 0 spiro atoms. The van der Waals surface area contributed by atoms with Crippen LogP contribution in [0.5, 0.6) is 5.75 Å². The SMILES string of the molecule is CNc1ccc(C)cc1OC=O. The number of rotatable bonds is 3. The zero-order valence-electron chi connectivity index (χ0n) is 7.13. The second kappa shape index (κ2) is 3.76. The molecule has 0 unspecified atom stereocenters. The molecule has 0 radical (unpaired) electrons. The van der Waals surface area contributed by atoms with Crippen LogP contribution in [0.2, 0.25) is 0 Å². The second-order valence-corrected chi connectivity index (χ2v) is 2.46. The maximum absolute atomic E-state index is 10.1. The standard InChI is InChI=1S/C9H11NO2/c1-7-3-4-8(10-2)9(5-7)12-6-11/h3-6,10H,1-2H3. The van der Waals surface area contributed by atoms with Gasteiger partial charge in [-0.1, -0.05) is 6.07 Å². The Hall–Kier alpha value is -1.51. The van der Waals surface area contributed by atoms with Crippen molar-refractivity contribution in [2.45, 2.75) is 6.92 Å². The van der Waals surface area contributed by atoms with Crippen LogP contribution >= 0.6 is 0 Å². The van der Waals surface area contributed by atoms with Crippen LogP contribution in [0.25, 0.3) is 0 Å². The fraction of sp³-hybridized carbons (Fsp3) is 0.222. The van der Waals surface area contributed by atoms with Gasteiger partial charge in [0, 0.05) is 7.05 Å². The summed E-state index contributed by atoms with van der Waals surface area (Å²) in [6, 6.07) is 5.62. The molecule has 0 saturated carbocycles. The Balaban J connectivity index is 3.03. The van der Waals surface area contributed by atoms with Crippen LogP contribution in [-0.2, 0) is 4.79 Å². The number of anilines is 1. The maximum Gasteiger partial charge on any atom is 0.298 e. The molecule has 0 bridgehead atoms. The Labute approximate surface area is 71.4 Å². The topological polar surface area (TPSA) is 38.3 Å². The Morgan fingerprint density at radius 3 is 2.83 bits per heavy atom. The van der Waals surface area contributed by atoms with Crippen LogP contribution < -0.4 is 10.1 Å². The van der Waals surface area contributed by atoms with Gasteiger partial charge in [0.15, 0.2) is 5.75 Å². The summed E-state index contributed by atoms with van der Waals surface area (Å²) in [6.07, 6.45) is 0. The zero-order chi connectivity index (χ0) is 8.97. The van der Waals surface area contributed by atoms with Gasteiger partial charge >= 0.3 is 0 Å². The summed E-state index contributed by atoms with van der Waals surface area (Å²) < 4.78 is 4.77. The Morgan fingerprint density at radius 1 is 1.50 bits per heavy atom. The summed E-state index contributed by atoms with van der Waals surface area (Å²) in [4.78, 5) is 10.1. The van der Waals surface area contributed by atoms with Crippen LogP contribution in [0.15, 0.2) is 18.2 Å². The summed E-state index contributed by atoms with van der Waals surface area (Å²) in [7, 11) is 1.78. The van der Waals surface area contributed by atoms with Crippen molar-refractivity contribution in [1.82, 2.24) is 0 Å². The average molecular weight is 165 g/mol. The van der Waals surface area contributed by atoms with Crippen molar-refractivity contribution in [3.8, 4) is 5.75 Å². The highest BCUT2D eigenvalue weighted by atomic mass is 16.5. The molecule has 1 rings (SSSR count). The van der Waals surface area contributed by atoms with E-state index in [1.165, 1.54) is 0 Å². The summed E-state index contributed by atoms with van der Waals surface area (Å²) in [5.41, 5.74) is 1.87. The molecule has 0 aliphatic carbocycles. The van der Waals surface area contributed by atoms with Crippen molar-refractivity contribution in [1.29, 1.82) is 0 Å². The summed E-state index contributed by atoms with van der Waals surface area (Å²) in [5.74, 6) is 0.563. The summed E-state index contributed by atoms with van der Waals surface area (Å²) in [5, 5.41) is 2.92. The molecular formula is C9H11NO2. The van der Waals surface area contributed by atoms with E-state index < -0.39 is 0 Å². The third-order valence-corrected chi connectivity index (χ3v) is 1.58. The van der Waals surface area contributed by atoms with Crippen molar-refractivity contribution >= 4 is 12.2 Å². The highest BCUT2D eigenvalue weighted by Crippen LogP contribution is 2.24. The molecule has 0 atom stereocenters. The zero-order valence-corrected chi connectivity index (χ0v) is 7.13. The van der Waals surface area contributed by atoms with Gasteiger partial charge in [-0.15, -0.1) is 0 Å². The fourth-order valence-corrected chi connectivity index (χ4v) is 0.985. The predicted octanol–water partition coefficient (Wildman–Crippen LogP) is 1.57. The van der Waals surface area contributed by atoms with Gasteiger partial charge < -0.3 is 10.1 Å². The molecule has 0 aromatic heterocycles. The van der Waals surface area contributed by atoms with Crippen molar-refractivity contribution in [2.75, 3.05) is 12.4 Å². The fourth-order valence-electron chi connectivity index (χ4n) is 0.985. The molecule has 1 aromatic rings. The highest BCUT2D eigenvalue weighted by molar-refractivity contribution is 5.61. The van der Waals surface area contributed by atoms with E-state index in [4.69, 9.17) is 4.74 Å². The van der Waals surface area contributed by atoms with E-state index in [1.54, 1.807) is 13.1 Å². The smallest absolute Gasteiger partial charge is 0.298 e. The minimum absolute atomic E-state index is 0.426. The lowest BCUT2D eigenvalue weighted by atomic mass is 10.2. The first-order chi connectivity index (χ1) is 5.77. The van der Waals surface area contributed by atoms with Gasteiger partial charge in [-0.3, -0.25) is 4.79 Å². The monoisotopic (exact) mass is 165 g/mol. The van der Waals surface area contributed by atoms with E-state index in [9.17, 15) is 4.79 Å². The van der Waals surface area contributed by atoms with E-state index in [1.807, 2.05) is 19.1 Å². The first-order valence-electron chi connectivity index (χ1n) is 3.66. The van der Waals surface area contributed by atoms with Crippen LogP contribution in [0, 0.1) is 6.92 Å². The van der Waals surface area contributed by atoms with Crippen LogP contribution in [0.1, 0.15) is 5.56 Å². The molecule has 12 heavy (non-hydrogen) atoms. The molecule has 3 heteroatoms. The molecule has 0 aliphatic rings. The molecule has 1 N–H and O–H groups in total. The van der Waals surface area contributed by atoms with Crippen LogP contribution in [0.3, 0.4) is 0 Å². The van der Waals surface area contributed by atoms with E-state index in [0.717, 1.165) is 11.3 Å². The van der Waals surface area contributed by atoms with E-state index in [2.05, 4.69) is 5.32 Å². The highest BCUT2D eigenvalue weighted by Gasteiger charge is 2.00. The molecule has 64 valence electrons. The molecule has 3 nitrogen and oxygen atoms in total. The minimum atomic E-state index is 0.426. The Morgan fingerprint density at radius 2 is 2.25 bits per heavy atom. The maximum atomic E-state index is 10.1. The van der Waals surface area contributed by atoms with Gasteiger partial charge in [-0.25, -0.2) is 0 Å². The lowest BCUT2D eigenvalue weighted by Gasteiger charge is -2.06. The van der Waals surface area contributed by atoms with Crippen molar-refractivity contribution in [3.05, 3.63) is 23.8 Å².